The molecule has 2 N–H and O–H groups in total. The highest BCUT2D eigenvalue weighted by atomic mass is 19.1. The van der Waals surface area contributed by atoms with Gasteiger partial charge in [-0.05, 0) is 37.5 Å². The molecule has 5 heteroatoms. The molecular formula is C15H16FNO3. The monoisotopic (exact) mass is 277 g/mol. The van der Waals surface area contributed by atoms with Crippen molar-refractivity contribution < 1.29 is 19.0 Å². The highest BCUT2D eigenvalue weighted by Gasteiger charge is 2.22. The second kappa shape index (κ2) is 7.04. The zero-order valence-electron chi connectivity index (χ0n) is 11.0. The minimum Gasteiger partial charge on any atom is -0.384 e. The van der Waals surface area contributed by atoms with Gasteiger partial charge in [0.25, 0.3) is 5.91 Å². The van der Waals surface area contributed by atoms with Crippen LogP contribution in [0.3, 0.4) is 0 Å². The highest BCUT2D eigenvalue weighted by molar-refractivity contribution is 5.94. The van der Waals surface area contributed by atoms with Gasteiger partial charge < -0.3 is 15.2 Å². The molecule has 1 atom stereocenters. The molecule has 1 fully saturated rings. The Morgan fingerprint density at radius 3 is 3.05 bits per heavy atom. The zero-order valence-corrected chi connectivity index (χ0v) is 11.0. The van der Waals surface area contributed by atoms with Gasteiger partial charge in [-0.1, -0.05) is 11.8 Å². The molecule has 106 valence electrons. The first-order valence-corrected chi connectivity index (χ1v) is 6.52. The van der Waals surface area contributed by atoms with E-state index in [2.05, 4.69) is 17.2 Å². The molecule has 0 aliphatic carbocycles. The predicted molar refractivity (Wildman–Crippen MR) is 72.6 cm³/mol. The zero-order chi connectivity index (χ0) is 14.4. The lowest BCUT2D eigenvalue weighted by Gasteiger charge is -2.21. The normalized spacial score (nSPS) is 18.0. The molecule has 0 aromatic heterocycles. The lowest BCUT2D eigenvalue weighted by molar-refractivity contribution is -0.129. The molecule has 1 aromatic rings. The number of anilines is 1. The molecule has 2 rings (SSSR count). The summed E-state index contributed by atoms with van der Waals surface area (Å²) in [6.45, 7) is 0.251. The average molecular weight is 277 g/mol. The van der Waals surface area contributed by atoms with E-state index in [0.29, 0.717) is 18.7 Å². The van der Waals surface area contributed by atoms with Gasteiger partial charge in [-0.3, -0.25) is 4.79 Å². The van der Waals surface area contributed by atoms with E-state index in [1.165, 1.54) is 18.2 Å². The maximum atomic E-state index is 13.5. The van der Waals surface area contributed by atoms with Gasteiger partial charge in [-0.2, -0.15) is 0 Å². The topological polar surface area (TPSA) is 58.6 Å². The second-order valence-electron chi connectivity index (χ2n) is 4.50. The fourth-order valence-corrected chi connectivity index (χ4v) is 2.00. The predicted octanol–water partition coefficient (Wildman–Crippen LogP) is 1.68. The Labute approximate surface area is 116 Å². The van der Waals surface area contributed by atoms with Crippen LogP contribution in [0.25, 0.3) is 0 Å². The molecule has 1 aliphatic rings. The summed E-state index contributed by atoms with van der Waals surface area (Å²) in [7, 11) is 0. The van der Waals surface area contributed by atoms with Crippen LogP contribution in [0.5, 0.6) is 0 Å². The lowest BCUT2D eigenvalue weighted by atomic mass is 10.1. The Kier molecular flexibility index (Phi) is 5.10. The van der Waals surface area contributed by atoms with Gasteiger partial charge in [0.15, 0.2) is 0 Å². The van der Waals surface area contributed by atoms with Crippen molar-refractivity contribution in [3.8, 4) is 11.8 Å². The number of hydrogen-bond donors (Lipinski definition) is 2. The number of ether oxygens (including phenoxy) is 1. The molecule has 1 unspecified atom stereocenters. The average Bonchev–Trinajstić information content (AvgIpc) is 2.48. The van der Waals surface area contributed by atoms with E-state index in [1.54, 1.807) is 0 Å². The molecule has 1 saturated heterocycles. The van der Waals surface area contributed by atoms with Crippen LogP contribution in [0.2, 0.25) is 0 Å². The van der Waals surface area contributed by atoms with Crippen LogP contribution in [-0.4, -0.2) is 30.3 Å². The van der Waals surface area contributed by atoms with Gasteiger partial charge in [0.05, 0.1) is 5.56 Å². The van der Waals surface area contributed by atoms with Crippen molar-refractivity contribution in [3.63, 3.8) is 0 Å². The highest BCUT2D eigenvalue weighted by Crippen LogP contribution is 2.17. The van der Waals surface area contributed by atoms with Gasteiger partial charge in [0.1, 0.15) is 18.5 Å². The summed E-state index contributed by atoms with van der Waals surface area (Å²) in [5, 5.41) is 11.3. The van der Waals surface area contributed by atoms with E-state index in [1.807, 2.05) is 0 Å². The van der Waals surface area contributed by atoms with Crippen molar-refractivity contribution in [2.45, 2.75) is 25.4 Å². The van der Waals surface area contributed by atoms with Crippen molar-refractivity contribution in [2.24, 2.45) is 0 Å². The first-order valence-electron chi connectivity index (χ1n) is 6.52. The summed E-state index contributed by atoms with van der Waals surface area (Å²) in [5.41, 5.74) is 0.606. The van der Waals surface area contributed by atoms with Crippen LogP contribution < -0.4 is 5.32 Å². The fourth-order valence-electron chi connectivity index (χ4n) is 2.00. The first kappa shape index (κ1) is 14.5. The molecule has 1 aliphatic heterocycles. The number of amides is 1. The third-order valence-electron chi connectivity index (χ3n) is 3.01. The fraction of sp³-hybridized carbons (Fsp3) is 0.400. The molecule has 1 heterocycles. The molecule has 0 spiro atoms. The van der Waals surface area contributed by atoms with E-state index < -0.39 is 11.9 Å². The van der Waals surface area contributed by atoms with Crippen molar-refractivity contribution in [3.05, 3.63) is 29.6 Å². The van der Waals surface area contributed by atoms with Crippen molar-refractivity contribution in [1.82, 2.24) is 0 Å². The quantitative estimate of drug-likeness (QED) is 0.809. The third kappa shape index (κ3) is 3.80. The minimum atomic E-state index is -0.488. The molecule has 20 heavy (non-hydrogen) atoms. The second-order valence-corrected chi connectivity index (χ2v) is 4.50. The van der Waals surface area contributed by atoms with Crippen LogP contribution in [0.1, 0.15) is 24.8 Å². The van der Waals surface area contributed by atoms with Gasteiger partial charge >= 0.3 is 0 Å². The van der Waals surface area contributed by atoms with Crippen LogP contribution in [0, 0.1) is 17.7 Å². The van der Waals surface area contributed by atoms with Crippen LogP contribution >= 0.6 is 0 Å². The molecule has 0 saturated carbocycles. The first-order chi connectivity index (χ1) is 9.70. The van der Waals surface area contributed by atoms with E-state index in [4.69, 9.17) is 9.84 Å². The van der Waals surface area contributed by atoms with Crippen molar-refractivity contribution in [1.29, 1.82) is 0 Å². The largest absolute Gasteiger partial charge is 0.384 e. The van der Waals surface area contributed by atoms with E-state index in [9.17, 15) is 9.18 Å². The third-order valence-corrected chi connectivity index (χ3v) is 3.01. The standard InChI is InChI=1S/C15H16FNO3/c16-13-7-6-12(10-11(13)4-3-8-18)17-15(19)14-5-1-2-9-20-14/h6-7,10,14,18H,1-2,5,8-9H2,(H,17,19). The number of hydrogen-bond acceptors (Lipinski definition) is 3. The Morgan fingerprint density at radius 2 is 2.35 bits per heavy atom. The number of rotatable bonds is 2. The van der Waals surface area contributed by atoms with Gasteiger partial charge in [-0.25, -0.2) is 4.39 Å². The van der Waals surface area contributed by atoms with E-state index in [-0.39, 0.29) is 18.1 Å². The van der Waals surface area contributed by atoms with Gasteiger partial charge in [0, 0.05) is 12.3 Å². The van der Waals surface area contributed by atoms with Crippen molar-refractivity contribution in [2.75, 3.05) is 18.5 Å². The molecule has 4 nitrogen and oxygen atoms in total. The number of benzene rings is 1. The number of carbonyl (C=O) groups excluding carboxylic acids is 1. The van der Waals surface area contributed by atoms with Gasteiger partial charge in [0.2, 0.25) is 0 Å². The van der Waals surface area contributed by atoms with E-state index in [0.717, 1.165) is 12.8 Å². The smallest absolute Gasteiger partial charge is 0.253 e. The number of halogens is 1. The SMILES string of the molecule is O=C(Nc1ccc(F)c(C#CCO)c1)C1CCCCO1. The summed E-state index contributed by atoms with van der Waals surface area (Å²) >= 11 is 0. The molecule has 1 aromatic carbocycles. The van der Waals surface area contributed by atoms with Crippen molar-refractivity contribution >= 4 is 11.6 Å². The van der Waals surface area contributed by atoms with Crippen LogP contribution in [0.4, 0.5) is 10.1 Å². The number of carbonyl (C=O) groups is 1. The Bertz CT molecular complexity index is 542. The Morgan fingerprint density at radius 1 is 1.50 bits per heavy atom. The summed E-state index contributed by atoms with van der Waals surface area (Å²) in [5.74, 6) is 4.16. The summed E-state index contributed by atoms with van der Waals surface area (Å²) in [4.78, 5) is 12.0. The van der Waals surface area contributed by atoms with Crippen LogP contribution in [-0.2, 0) is 9.53 Å². The minimum absolute atomic E-state index is 0.140. The number of aliphatic hydroxyl groups excluding tert-OH is 1. The molecule has 0 radical (unpaired) electrons. The number of nitrogens with one attached hydrogen (secondary N) is 1. The van der Waals surface area contributed by atoms with Gasteiger partial charge in [-0.15, -0.1) is 0 Å². The maximum absolute atomic E-state index is 13.5. The summed E-state index contributed by atoms with van der Waals surface area (Å²) in [6.07, 6.45) is 2.20. The molecule has 0 bridgehead atoms. The lowest BCUT2D eigenvalue weighted by Crippen LogP contribution is -2.33. The summed E-state index contributed by atoms with van der Waals surface area (Å²) < 4.78 is 18.8. The molecule has 1 amide bonds. The maximum Gasteiger partial charge on any atom is 0.253 e. The Hall–Kier alpha value is -1.90. The Balaban J connectivity index is 2.07. The number of aliphatic hydroxyl groups is 1. The molecular weight excluding hydrogens is 261 g/mol. The summed E-state index contributed by atoms with van der Waals surface area (Å²) in [6, 6.07) is 4.15. The van der Waals surface area contributed by atoms with E-state index >= 15 is 0 Å². The van der Waals surface area contributed by atoms with Crippen LogP contribution in [0.15, 0.2) is 18.2 Å².